The van der Waals surface area contributed by atoms with Crippen LogP contribution in [0.4, 0.5) is 0 Å². The van der Waals surface area contributed by atoms with Gasteiger partial charge in [0.25, 0.3) is 12.4 Å². The third-order valence-corrected chi connectivity index (χ3v) is 6.82. The molecule has 0 fully saturated rings. The van der Waals surface area contributed by atoms with Gasteiger partial charge in [-0.2, -0.15) is 0 Å². The fourth-order valence-electron chi connectivity index (χ4n) is 4.59. The van der Waals surface area contributed by atoms with E-state index in [1.54, 1.807) is 18.6 Å². The predicted molar refractivity (Wildman–Crippen MR) is 152 cm³/mol. The molecule has 0 saturated carbocycles. The van der Waals surface area contributed by atoms with Gasteiger partial charge in [0.15, 0.2) is 0 Å². The highest BCUT2D eigenvalue weighted by molar-refractivity contribution is 5.97. The Morgan fingerprint density at radius 3 is 2.54 bits per heavy atom. The van der Waals surface area contributed by atoms with Crippen LogP contribution in [0.1, 0.15) is 59.8 Å². The summed E-state index contributed by atoms with van der Waals surface area (Å²) in [5.74, 6) is 0.762. The minimum atomic E-state index is -0.132. The van der Waals surface area contributed by atoms with Gasteiger partial charge in [-0.05, 0) is 65.9 Å². The normalized spacial score (nSPS) is 11.9. The summed E-state index contributed by atoms with van der Waals surface area (Å²) in [7, 11) is 0. The Bertz CT molecular complexity index is 1620. The van der Waals surface area contributed by atoms with Crippen molar-refractivity contribution in [2.75, 3.05) is 0 Å². The summed E-state index contributed by atoms with van der Waals surface area (Å²) in [6.07, 6.45) is 3.57. The van der Waals surface area contributed by atoms with Crippen molar-refractivity contribution in [3.05, 3.63) is 114 Å². The van der Waals surface area contributed by atoms with Gasteiger partial charge in [0.2, 0.25) is 0 Å². The average molecular weight is 519 g/mol. The number of nitrogens with zero attached hydrogens (tertiary/aromatic N) is 3. The molecule has 1 N–H and O–H groups in total. The summed E-state index contributed by atoms with van der Waals surface area (Å²) in [6.45, 7) is 7.31. The number of fused-ring (bicyclic) bond motifs is 1. The molecule has 0 aliphatic carbocycles. The van der Waals surface area contributed by atoms with Gasteiger partial charge < -0.3 is 14.6 Å². The highest BCUT2D eigenvalue weighted by Gasteiger charge is 2.15. The van der Waals surface area contributed by atoms with Crippen molar-refractivity contribution in [3.8, 4) is 17.0 Å². The van der Waals surface area contributed by atoms with Crippen LogP contribution in [0.25, 0.3) is 22.3 Å². The Morgan fingerprint density at radius 2 is 1.77 bits per heavy atom. The molecule has 7 heteroatoms. The van der Waals surface area contributed by atoms with Crippen molar-refractivity contribution in [1.29, 1.82) is 0 Å². The molecule has 0 radical (unpaired) electrons. The number of aromatic nitrogens is 3. The first kappa shape index (κ1) is 25.9. The van der Waals surface area contributed by atoms with Crippen LogP contribution in [0, 0.1) is 0 Å². The number of carbonyl (C=O) groups excluding carboxylic acids is 2. The van der Waals surface area contributed by atoms with E-state index in [0.29, 0.717) is 35.9 Å². The molecule has 7 nitrogen and oxygen atoms in total. The number of pyridine rings is 1. The molecule has 0 aliphatic rings. The van der Waals surface area contributed by atoms with E-state index in [1.165, 1.54) is 5.56 Å². The second-order valence-corrected chi connectivity index (χ2v) is 9.86. The van der Waals surface area contributed by atoms with Crippen LogP contribution in [-0.4, -0.2) is 26.9 Å². The van der Waals surface area contributed by atoms with E-state index in [2.05, 4.69) is 41.3 Å². The fraction of sp³-hybridized carbons (Fsp3) is 0.188. The third-order valence-electron chi connectivity index (χ3n) is 6.82. The van der Waals surface area contributed by atoms with Crippen molar-refractivity contribution >= 4 is 23.4 Å². The SMILES string of the molecule is CC(C)c1cccc([C@H](C)NC(=O)c2ccc3c(c2)ncn3Cc2ccc(-c3ccccc3OC=O)nc2)c1. The standard InChI is InChI=1S/C32H30N4O3/c1-21(2)24-7-6-8-25(15-24)22(3)35-32(38)26-12-14-30-29(16-26)34-19-36(30)18-23-11-13-28(33-17-23)27-9-4-5-10-31(27)39-20-37/h4-17,19-22H,18H2,1-3H3,(H,35,38)/t22-/m0/s1. The van der Waals surface area contributed by atoms with Gasteiger partial charge >= 0.3 is 0 Å². The largest absolute Gasteiger partial charge is 0.428 e. The molecular formula is C32H30N4O3. The maximum Gasteiger partial charge on any atom is 0.298 e. The first-order valence-corrected chi connectivity index (χ1v) is 12.9. The minimum absolute atomic E-state index is 0.114. The molecule has 39 heavy (non-hydrogen) atoms. The molecule has 196 valence electrons. The molecule has 0 unspecified atom stereocenters. The second-order valence-electron chi connectivity index (χ2n) is 9.86. The van der Waals surface area contributed by atoms with Crippen molar-refractivity contribution in [1.82, 2.24) is 19.9 Å². The van der Waals surface area contributed by atoms with Crippen LogP contribution in [0.3, 0.4) is 0 Å². The van der Waals surface area contributed by atoms with Crippen molar-refractivity contribution in [2.24, 2.45) is 0 Å². The maximum atomic E-state index is 13.0. The van der Waals surface area contributed by atoms with Crippen molar-refractivity contribution in [2.45, 2.75) is 39.3 Å². The predicted octanol–water partition coefficient (Wildman–Crippen LogP) is 6.30. The van der Waals surface area contributed by atoms with Crippen LogP contribution < -0.4 is 10.1 Å². The van der Waals surface area contributed by atoms with E-state index in [-0.39, 0.29) is 11.9 Å². The minimum Gasteiger partial charge on any atom is -0.428 e. The number of amides is 1. The zero-order chi connectivity index (χ0) is 27.4. The molecule has 2 aromatic heterocycles. The Balaban J connectivity index is 1.29. The lowest BCUT2D eigenvalue weighted by Gasteiger charge is -2.16. The van der Waals surface area contributed by atoms with Crippen LogP contribution in [0.2, 0.25) is 0 Å². The Morgan fingerprint density at radius 1 is 0.949 bits per heavy atom. The first-order valence-electron chi connectivity index (χ1n) is 12.9. The van der Waals surface area contributed by atoms with E-state index in [4.69, 9.17) is 4.74 Å². The van der Waals surface area contributed by atoms with Crippen LogP contribution >= 0.6 is 0 Å². The summed E-state index contributed by atoms with van der Waals surface area (Å²) in [6, 6.07) is 25.0. The monoisotopic (exact) mass is 518 g/mol. The number of benzene rings is 3. The molecule has 0 bridgehead atoms. The molecular weight excluding hydrogens is 488 g/mol. The number of carbonyl (C=O) groups is 2. The van der Waals surface area contributed by atoms with Gasteiger partial charge in [0.05, 0.1) is 35.6 Å². The van der Waals surface area contributed by atoms with Gasteiger partial charge in [-0.15, -0.1) is 0 Å². The molecule has 1 atom stereocenters. The number of para-hydroxylation sites is 1. The Hall–Kier alpha value is -4.78. The van der Waals surface area contributed by atoms with Crippen LogP contribution in [0.5, 0.6) is 5.75 Å². The first-order chi connectivity index (χ1) is 18.9. The van der Waals surface area contributed by atoms with Gasteiger partial charge in [0, 0.05) is 17.3 Å². The van der Waals surface area contributed by atoms with Crippen LogP contribution in [0.15, 0.2) is 91.4 Å². The number of ether oxygens (including phenoxy) is 1. The number of imidazole rings is 1. The lowest BCUT2D eigenvalue weighted by molar-refractivity contribution is -0.120. The molecule has 3 aromatic carbocycles. The van der Waals surface area contributed by atoms with Crippen LogP contribution in [-0.2, 0) is 11.3 Å². The summed E-state index contributed by atoms with van der Waals surface area (Å²) < 4.78 is 7.10. The van der Waals surface area contributed by atoms with E-state index < -0.39 is 0 Å². The van der Waals surface area contributed by atoms with Gasteiger partial charge in [-0.25, -0.2) is 4.98 Å². The summed E-state index contributed by atoms with van der Waals surface area (Å²) in [4.78, 5) is 33.0. The average Bonchev–Trinajstić information content (AvgIpc) is 3.36. The molecule has 1 amide bonds. The van der Waals surface area contributed by atoms with Crippen molar-refractivity contribution in [3.63, 3.8) is 0 Å². The summed E-state index contributed by atoms with van der Waals surface area (Å²) in [5.41, 5.74) is 7.04. The lowest BCUT2D eigenvalue weighted by atomic mass is 9.98. The van der Waals surface area contributed by atoms with Gasteiger partial charge in [0.1, 0.15) is 5.75 Å². The second kappa shape index (κ2) is 11.3. The van der Waals surface area contributed by atoms with Gasteiger partial charge in [-0.3, -0.25) is 14.6 Å². The zero-order valence-corrected chi connectivity index (χ0v) is 22.2. The van der Waals surface area contributed by atoms with Crippen molar-refractivity contribution < 1.29 is 14.3 Å². The number of hydrogen-bond acceptors (Lipinski definition) is 5. The third kappa shape index (κ3) is 5.72. The van der Waals surface area contributed by atoms with Gasteiger partial charge in [-0.1, -0.05) is 56.3 Å². The fourth-order valence-corrected chi connectivity index (χ4v) is 4.59. The molecule has 0 spiro atoms. The quantitative estimate of drug-likeness (QED) is 0.232. The molecule has 0 saturated heterocycles. The number of hydrogen-bond donors (Lipinski definition) is 1. The topological polar surface area (TPSA) is 86.1 Å². The lowest BCUT2D eigenvalue weighted by Crippen LogP contribution is -2.26. The number of nitrogens with one attached hydrogen (secondary N) is 1. The molecule has 2 heterocycles. The van der Waals surface area contributed by atoms with E-state index in [1.807, 2.05) is 72.2 Å². The molecule has 5 rings (SSSR count). The highest BCUT2D eigenvalue weighted by atomic mass is 16.5. The molecule has 0 aliphatic heterocycles. The van der Waals surface area contributed by atoms with E-state index in [0.717, 1.165) is 27.7 Å². The molecule has 5 aromatic rings. The highest BCUT2D eigenvalue weighted by Crippen LogP contribution is 2.28. The smallest absolute Gasteiger partial charge is 0.298 e. The number of rotatable bonds is 9. The Labute approximate surface area is 227 Å². The van der Waals surface area contributed by atoms with E-state index >= 15 is 0 Å². The zero-order valence-electron chi connectivity index (χ0n) is 22.2. The maximum absolute atomic E-state index is 13.0. The summed E-state index contributed by atoms with van der Waals surface area (Å²) >= 11 is 0. The summed E-state index contributed by atoms with van der Waals surface area (Å²) in [5, 5.41) is 3.11. The van der Waals surface area contributed by atoms with E-state index in [9.17, 15) is 9.59 Å². The Kier molecular flexibility index (Phi) is 7.50.